The zero-order valence-electron chi connectivity index (χ0n) is 12.4. The van der Waals surface area contributed by atoms with Crippen LogP contribution in [0, 0.1) is 0 Å². The quantitative estimate of drug-likeness (QED) is 0.917. The Morgan fingerprint density at radius 1 is 1.22 bits per heavy atom. The first-order valence-corrected chi connectivity index (χ1v) is 8.59. The number of hydrogen-bond acceptors (Lipinski definition) is 3. The van der Waals surface area contributed by atoms with E-state index in [1.54, 1.807) is 12.1 Å². The van der Waals surface area contributed by atoms with Gasteiger partial charge in [0, 0.05) is 24.4 Å². The predicted octanol–water partition coefficient (Wildman–Crippen LogP) is 3.62. The molecule has 1 aliphatic rings. The highest BCUT2D eigenvalue weighted by molar-refractivity contribution is 7.16. The normalized spacial score (nSPS) is 13.7. The number of rotatable bonds is 4. The summed E-state index contributed by atoms with van der Waals surface area (Å²) in [6.07, 6.45) is 1.91. The van der Waals surface area contributed by atoms with Gasteiger partial charge in [0.2, 0.25) is 5.91 Å². The third-order valence-corrected chi connectivity index (χ3v) is 5.32. The molecule has 0 saturated carbocycles. The number of carbonyl (C=O) groups excluding carboxylic acids is 1. The van der Waals surface area contributed by atoms with E-state index in [1.807, 2.05) is 23.1 Å². The van der Waals surface area contributed by atoms with Crippen LogP contribution in [-0.2, 0) is 24.2 Å². The van der Waals surface area contributed by atoms with Crippen molar-refractivity contribution in [1.29, 1.82) is 0 Å². The maximum atomic E-state index is 12.4. The van der Waals surface area contributed by atoms with E-state index in [9.17, 15) is 9.59 Å². The second kappa shape index (κ2) is 6.72. The summed E-state index contributed by atoms with van der Waals surface area (Å²) in [4.78, 5) is 26.4. The Balaban J connectivity index is 1.64. The standard InChI is InChI=1S/C17H16ClNO3S/c18-15-5-3-14(23-15)4-6-16(20)19-8-7-11-1-2-12(17(21)22)9-13(11)10-19/h1-3,5,9H,4,6-8,10H2,(H,21,22). The molecule has 1 aromatic carbocycles. The number of thiophene rings is 1. The molecule has 1 aromatic heterocycles. The largest absolute Gasteiger partial charge is 0.478 e. The minimum atomic E-state index is -0.939. The maximum Gasteiger partial charge on any atom is 0.335 e. The molecule has 0 radical (unpaired) electrons. The van der Waals surface area contributed by atoms with Crippen LogP contribution in [0.3, 0.4) is 0 Å². The zero-order valence-corrected chi connectivity index (χ0v) is 14.0. The fourth-order valence-electron chi connectivity index (χ4n) is 2.78. The molecule has 120 valence electrons. The minimum Gasteiger partial charge on any atom is -0.478 e. The van der Waals surface area contributed by atoms with Crippen molar-refractivity contribution in [2.24, 2.45) is 0 Å². The van der Waals surface area contributed by atoms with Crippen molar-refractivity contribution in [3.05, 3.63) is 56.2 Å². The molecule has 1 amide bonds. The molecule has 1 aliphatic heterocycles. The average molecular weight is 350 g/mol. The molecule has 4 nitrogen and oxygen atoms in total. The van der Waals surface area contributed by atoms with Crippen molar-refractivity contribution in [3.8, 4) is 0 Å². The van der Waals surface area contributed by atoms with Crippen LogP contribution in [0.2, 0.25) is 4.34 Å². The second-order valence-electron chi connectivity index (χ2n) is 5.56. The Hall–Kier alpha value is -1.85. The van der Waals surface area contributed by atoms with Gasteiger partial charge in [0.05, 0.1) is 9.90 Å². The number of fused-ring (bicyclic) bond motifs is 1. The summed E-state index contributed by atoms with van der Waals surface area (Å²) >= 11 is 7.40. The fraction of sp³-hybridized carbons (Fsp3) is 0.294. The molecule has 23 heavy (non-hydrogen) atoms. The molecule has 0 saturated heterocycles. The lowest BCUT2D eigenvalue weighted by Crippen LogP contribution is -2.36. The Morgan fingerprint density at radius 2 is 2.04 bits per heavy atom. The van der Waals surface area contributed by atoms with E-state index in [0.717, 1.165) is 26.8 Å². The third kappa shape index (κ3) is 3.74. The fourth-order valence-corrected chi connectivity index (χ4v) is 3.86. The molecule has 0 spiro atoms. The number of aryl methyl sites for hydroxylation is 1. The summed E-state index contributed by atoms with van der Waals surface area (Å²) in [7, 11) is 0. The highest BCUT2D eigenvalue weighted by Gasteiger charge is 2.21. The van der Waals surface area contributed by atoms with E-state index in [2.05, 4.69) is 0 Å². The molecular formula is C17H16ClNO3S. The predicted molar refractivity (Wildman–Crippen MR) is 90.2 cm³/mol. The summed E-state index contributed by atoms with van der Waals surface area (Å²) in [6, 6.07) is 8.95. The van der Waals surface area contributed by atoms with Crippen LogP contribution in [0.25, 0.3) is 0 Å². The van der Waals surface area contributed by atoms with E-state index >= 15 is 0 Å². The van der Waals surface area contributed by atoms with Gasteiger partial charge in [-0.15, -0.1) is 11.3 Å². The molecule has 0 atom stereocenters. The van der Waals surface area contributed by atoms with Crippen molar-refractivity contribution in [1.82, 2.24) is 4.90 Å². The SMILES string of the molecule is O=C(O)c1ccc2c(c1)CN(C(=O)CCc1ccc(Cl)s1)CC2. The van der Waals surface area contributed by atoms with Gasteiger partial charge < -0.3 is 10.0 Å². The number of nitrogens with zero attached hydrogens (tertiary/aromatic N) is 1. The average Bonchev–Trinajstić information content (AvgIpc) is 2.97. The second-order valence-corrected chi connectivity index (χ2v) is 7.36. The van der Waals surface area contributed by atoms with Gasteiger partial charge in [-0.2, -0.15) is 0 Å². The molecule has 0 fully saturated rings. The number of carboxylic acids is 1. The Bertz CT molecular complexity index is 756. The van der Waals surface area contributed by atoms with E-state index in [-0.39, 0.29) is 11.5 Å². The number of carboxylic acid groups (broad SMARTS) is 1. The van der Waals surface area contributed by atoms with Crippen LogP contribution in [0.15, 0.2) is 30.3 Å². The number of amides is 1. The van der Waals surface area contributed by atoms with Gasteiger partial charge in [-0.05, 0) is 48.2 Å². The van der Waals surface area contributed by atoms with Crippen molar-refractivity contribution in [2.75, 3.05) is 6.54 Å². The van der Waals surface area contributed by atoms with Crippen molar-refractivity contribution >= 4 is 34.8 Å². The van der Waals surface area contributed by atoms with Gasteiger partial charge >= 0.3 is 5.97 Å². The van der Waals surface area contributed by atoms with Gasteiger partial charge in [0.1, 0.15) is 0 Å². The summed E-state index contributed by atoms with van der Waals surface area (Å²) < 4.78 is 0.737. The molecule has 0 aliphatic carbocycles. The minimum absolute atomic E-state index is 0.0981. The van der Waals surface area contributed by atoms with E-state index in [1.165, 1.54) is 11.3 Å². The van der Waals surface area contributed by atoms with Crippen LogP contribution in [0.1, 0.15) is 32.8 Å². The lowest BCUT2D eigenvalue weighted by molar-refractivity contribution is -0.132. The molecule has 1 N–H and O–H groups in total. The van der Waals surface area contributed by atoms with Gasteiger partial charge in [0.15, 0.2) is 0 Å². The number of hydrogen-bond donors (Lipinski definition) is 1. The van der Waals surface area contributed by atoms with Gasteiger partial charge in [-0.1, -0.05) is 17.7 Å². The zero-order chi connectivity index (χ0) is 16.4. The Morgan fingerprint density at radius 3 is 2.74 bits per heavy atom. The highest BCUT2D eigenvalue weighted by atomic mass is 35.5. The molecule has 2 heterocycles. The summed E-state index contributed by atoms with van der Waals surface area (Å²) in [5.41, 5.74) is 2.33. The maximum absolute atomic E-state index is 12.4. The topological polar surface area (TPSA) is 57.6 Å². The van der Waals surface area contributed by atoms with Crippen LogP contribution in [0.5, 0.6) is 0 Å². The first-order valence-electron chi connectivity index (χ1n) is 7.40. The number of aromatic carboxylic acids is 1. The molecule has 2 aromatic rings. The summed E-state index contributed by atoms with van der Waals surface area (Å²) in [5, 5.41) is 9.08. The molecule has 6 heteroatoms. The third-order valence-electron chi connectivity index (χ3n) is 4.03. The van der Waals surface area contributed by atoms with Crippen molar-refractivity contribution in [3.63, 3.8) is 0 Å². The number of carbonyl (C=O) groups is 2. The smallest absolute Gasteiger partial charge is 0.335 e. The van der Waals surface area contributed by atoms with Crippen LogP contribution in [-0.4, -0.2) is 28.4 Å². The first kappa shape index (κ1) is 16.0. The van der Waals surface area contributed by atoms with E-state index in [4.69, 9.17) is 16.7 Å². The van der Waals surface area contributed by atoms with Crippen molar-refractivity contribution < 1.29 is 14.7 Å². The van der Waals surface area contributed by atoms with E-state index < -0.39 is 5.97 Å². The van der Waals surface area contributed by atoms with Gasteiger partial charge in [-0.25, -0.2) is 4.79 Å². The summed E-state index contributed by atoms with van der Waals surface area (Å²) in [5.74, 6) is -0.841. The summed E-state index contributed by atoms with van der Waals surface area (Å²) in [6.45, 7) is 1.17. The van der Waals surface area contributed by atoms with Crippen LogP contribution < -0.4 is 0 Å². The number of benzene rings is 1. The highest BCUT2D eigenvalue weighted by Crippen LogP contribution is 2.24. The lowest BCUT2D eigenvalue weighted by Gasteiger charge is -2.29. The monoisotopic (exact) mass is 349 g/mol. The van der Waals surface area contributed by atoms with Gasteiger partial charge in [-0.3, -0.25) is 4.79 Å². The Kier molecular flexibility index (Phi) is 4.68. The van der Waals surface area contributed by atoms with E-state index in [0.29, 0.717) is 25.9 Å². The molecular weight excluding hydrogens is 334 g/mol. The van der Waals surface area contributed by atoms with Gasteiger partial charge in [0.25, 0.3) is 0 Å². The Labute approximate surface area is 143 Å². The molecule has 0 bridgehead atoms. The van der Waals surface area contributed by atoms with Crippen molar-refractivity contribution in [2.45, 2.75) is 25.8 Å². The lowest BCUT2D eigenvalue weighted by atomic mass is 9.97. The van der Waals surface area contributed by atoms with Crippen LogP contribution >= 0.6 is 22.9 Å². The number of halogens is 1. The van der Waals surface area contributed by atoms with Crippen LogP contribution in [0.4, 0.5) is 0 Å². The first-order chi connectivity index (χ1) is 11.0. The molecule has 3 rings (SSSR count). The molecule has 0 unspecified atom stereocenters.